The summed E-state index contributed by atoms with van der Waals surface area (Å²) < 4.78 is 26.5. The molecule has 0 amide bonds. The number of hydrogen-bond donors (Lipinski definition) is 1. The van der Waals surface area contributed by atoms with E-state index in [0.29, 0.717) is 0 Å². The molecule has 0 radical (unpaired) electrons. The number of aliphatic hydroxyl groups excluding tert-OH is 1. The number of aliphatic hydroxyl groups is 1. The van der Waals surface area contributed by atoms with Crippen LogP contribution in [-0.4, -0.2) is 42.8 Å². The smallest absolute Gasteiger partial charge is 0.214 e. The van der Waals surface area contributed by atoms with Crippen molar-refractivity contribution < 1.29 is 13.5 Å². The quantitative estimate of drug-likeness (QED) is 0.836. The molecule has 1 rings (SSSR count). The molecule has 0 spiro atoms. The van der Waals surface area contributed by atoms with Gasteiger partial charge in [0.1, 0.15) is 0 Å². The minimum Gasteiger partial charge on any atom is -0.395 e. The fourth-order valence-electron chi connectivity index (χ4n) is 2.65. The van der Waals surface area contributed by atoms with Gasteiger partial charge in [0.2, 0.25) is 10.0 Å². The van der Waals surface area contributed by atoms with Crippen LogP contribution in [-0.2, 0) is 10.0 Å². The van der Waals surface area contributed by atoms with Crippen LogP contribution in [0.15, 0.2) is 0 Å². The molecule has 1 N–H and O–H groups in total. The average Bonchev–Trinajstić information content (AvgIpc) is 2.23. The van der Waals surface area contributed by atoms with Gasteiger partial charge in [0.15, 0.2) is 0 Å². The fourth-order valence-corrected chi connectivity index (χ4v) is 4.93. The third kappa shape index (κ3) is 4.86. The third-order valence-corrected chi connectivity index (χ3v) is 5.70. The molecule has 1 fully saturated rings. The Balaban J connectivity index is 2.82. The highest BCUT2D eigenvalue weighted by Crippen LogP contribution is 2.27. The summed E-state index contributed by atoms with van der Waals surface area (Å²) in [6, 6.07) is 0.0956. The summed E-state index contributed by atoms with van der Waals surface area (Å²) in [5, 5.41) is 9.12. The minimum absolute atomic E-state index is 0.0956. The molecule has 1 aliphatic rings. The van der Waals surface area contributed by atoms with Gasteiger partial charge in [0.25, 0.3) is 0 Å². The first-order valence-electron chi connectivity index (χ1n) is 6.87. The van der Waals surface area contributed by atoms with Crippen LogP contribution in [0.5, 0.6) is 0 Å². The summed E-state index contributed by atoms with van der Waals surface area (Å²) in [6.45, 7) is 5.94. The van der Waals surface area contributed by atoms with Crippen molar-refractivity contribution in [3.63, 3.8) is 0 Å². The van der Waals surface area contributed by atoms with Gasteiger partial charge >= 0.3 is 0 Å². The van der Waals surface area contributed by atoms with Gasteiger partial charge in [-0.3, -0.25) is 0 Å². The van der Waals surface area contributed by atoms with Crippen LogP contribution in [0, 0.1) is 5.41 Å². The molecule has 108 valence electrons. The van der Waals surface area contributed by atoms with Gasteiger partial charge in [-0.25, -0.2) is 8.42 Å². The molecular formula is C13H27NO3S. The maximum absolute atomic E-state index is 12.5. The second-order valence-corrected chi connectivity index (χ2v) is 8.36. The molecule has 0 aromatic heterocycles. The zero-order valence-corrected chi connectivity index (χ0v) is 12.7. The van der Waals surface area contributed by atoms with Crippen LogP contribution in [0.4, 0.5) is 0 Å². The molecule has 0 unspecified atom stereocenters. The van der Waals surface area contributed by atoms with Crippen molar-refractivity contribution in [1.29, 1.82) is 0 Å². The molecule has 0 aliphatic heterocycles. The van der Waals surface area contributed by atoms with Crippen LogP contribution >= 0.6 is 0 Å². The van der Waals surface area contributed by atoms with E-state index in [1.54, 1.807) is 4.31 Å². The number of rotatable bonds is 5. The van der Waals surface area contributed by atoms with Crippen LogP contribution in [0.25, 0.3) is 0 Å². The second kappa shape index (κ2) is 6.35. The lowest BCUT2D eigenvalue weighted by Gasteiger charge is -2.34. The zero-order valence-electron chi connectivity index (χ0n) is 11.9. The summed E-state index contributed by atoms with van der Waals surface area (Å²) in [7, 11) is -3.27. The molecule has 18 heavy (non-hydrogen) atoms. The summed E-state index contributed by atoms with van der Waals surface area (Å²) in [5.74, 6) is 0.149. The highest BCUT2D eigenvalue weighted by atomic mass is 32.2. The van der Waals surface area contributed by atoms with Gasteiger partial charge in [-0.05, 0) is 18.3 Å². The van der Waals surface area contributed by atoms with E-state index in [0.717, 1.165) is 25.7 Å². The Hall–Kier alpha value is -0.130. The molecule has 5 heteroatoms. The van der Waals surface area contributed by atoms with Gasteiger partial charge in [-0.15, -0.1) is 0 Å². The Bertz CT molecular complexity index is 340. The van der Waals surface area contributed by atoms with Crippen LogP contribution in [0.1, 0.15) is 52.9 Å². The minimum atomic E-state index is -3.27. The van der Waals surface area contributed by atoms with Crippen molar-refractivity contribution in [3.05, 3.63) is 0 Å². The lowest BCUT2D eigenvalue weighted by Crippen LogP contribution is -2.45. The molecule has 0 atom stereocenters. The van der Waals surface area contributed by atoms with Crippen molar-refractivity contribution in [3.8, 4) is 0 Å². The van der Waals surface area contributed by atoms with Crippen molar-refractivity contribution >= 4 is 10.0 Å². The lowest BCUT2D eigenvalue weighted by molar-refractivity contribution is 0.198. The highest BCUT2D eigenvalue weighted by Gasteiger charge is 2.33. The lowest BCUT2D eigenvalue weighted by atomic mass is 9.95. The average molecular weight is 277 g/mol. The largest absolute Gasteiger partial charge is 0.395 e. The molecular weight excluding hydrogens is 250 g/mol. The molecule has 1 saturated carbocycles. The van der Waals surface area contributed by atoms with Crippen LogP contribution < -0.4 is 0 Å². The van der Waals surface area contributed by atoms with E-state index < -0.39 is 10.0 Å². The molecule has 0 bridgehead atoms. The Kier molecular flexibility index (Phi) is 5.62. The van der Waals surface area contributed by atoms with Gasteiger partial charge in [-0.2, -0.15) is 4.31 Å². The molecule has 4 nitrogen and oxygen atoms in total. The van der Waals surface area contributed by atoms with Crippen LogP contribution in [0.3, 0.4) is 0 Å². The topological polar surface area (TPSA) is 57.6 Å². The Labute approximate surface area is 111 Å². The summed E-state index contributed by atoms with van der Waals surface area (Å²) in [6.07, 6.45) is 5.25. The molecule has 0 aromatic rings. The standard InChI is InChI=1S/C13H27NO3S/c1-13(2,3)11-18(16,17)14(9-10-15)12-7-5-4-6-8-12/h12,15H,4-11H2,1-3H3. The van der Waals surface area contributed by atoms with Gasteiger partial charge in [-0.1, -0.05) is 40.0 Å². The Morgan fingerprint density at radius 2 is 1.72 bits per heavy atom. The second-order valence-electron chi connectivity index (χ2n) is 6.44. The normalized spacial score (nSPS) is 19.4. The van der Waals surface area contributed by atoms with E-state index in [2.05, 4.69) is 0 Å². The summed E-state index contributed by atoms with van der Waals surface area (Å²) in [4.78, 5) is 0. The first-order chi connectivity index (χ1) is 8.26. The fraction of sp³-hybridized carbons (Fsp3) is 1.00. The zero-order chi connectivity index (χ0) is 13.8. The number of hydrogen-bond acceptors (Lipinski definition) is 3. The molecule has 0 aromatic carbocycles. The molecule has 0 heterocycles. The molecule has 1 aliphatic carbocycles. The Morgan fingerprint density at radius 1 is 1.17 bits per heavy atom. The SMILES string of the molecule is CC(C)(C)CS(=O)(=O)N(CCO)C1CCCCC1. The number of nitrogens with zero attached hydrogens (tertiary/aromatic N) is 1. The van der Waals surface area contributed by atoms with Crippen molar-refractivity contribution in [2.24, 2.45) is 5.41 Å². The first kappa shape index (κ1) is 15.9. The van der Waals surface area contributed by atoms with Crippen LogP contribution in [0.2, 0.25) is 0 Å². The highest BCUT2D eigenvalue weighted by molar-refractivity contribution is 7.89. The van der Waals surface area contributed by atoms with E-state index in [-0.39, 0.29) is 30.4 Å². The third-order valence-electron chi connectivity index (χ3n) is 3.28. The maximum Gasteiger partial charge on any atom is 0.214 e. The Morgan fingerprint density at radius 3 is 2.17 bits per heavy atom. The van der Waals surface area contributed by atoms with Gasteiger partial charge in [0, 0.05) is 12.6 Å². The van der Waals surface area contributed by atoms with E-state index in [1.165, 1.54) is 6.42 Å². The van der Waals surface area contributed by atoms with E-state index >= 15 is 0 Å². The predicted octanol–water partition coefficient (Wildman–Crippen LogP) is 1.99. The predicted molar refractivity (Wildman–Crippen MR) is 73.9 cm³/mol. The van der Waals surface area contributed by atoms with Gasteiger partial charge < -0.3 is 5.11 Å². The molecule has 0 saturated heterocycles. The van der Waals surface area contributed by atoms with Crippen molar-refractivity contribution in [2.45, 2.75) is 58.9 Å². The van der Waals surface area contributed by atoms with E-state index in [4.69, 9.17) is 5.11 Å². The number of sulfonamides is 1. The first-order valence-corrected chi connectivity index (χ1v) is 8.47. The monoisotopic (exact) mass is 277 g/mol. The summed E-state index contributed by atoms with van der Waals surface area (Å²) >= 11 is 0. The van der Waals surface area contributed by atoms with E-state index in [9.17, 15) is 8.42 Å². The summed E-state index contributed by atoms with van der Waals surface area (Å²) in [5.41, 5.74) is -0.249. The van der Waals surface area contributed by atoms with E-state index in [1.807, 2.05) is 20.8 Å². The van der Waals surface area contributed by atoms with Gasteiger partial charge in [0.05, 0.1) is 12.4 Å². The van der Waals surface area contributed by atoms with Crippen molar-refractivity contribution in [1.82, 2.24) is 4.31 Å². The maximum atomic E-state index is 12.5. The van der Waals surface area contributed by atoms with Crippen molar-refractivity contribution in [2.75, 3.05) is 18.9 Å².